The Labute approximate surface area is 139 Å². The van der Waals surface area contributed by atoms with Crippen LogP contribution in [0.25, 0.3) is 10.8 Å². The lowest BCUT2D eigenvalue weighted by Gasteiger charge is -2.11. The first-order chi connectivity index (χ1) is 11.6. The molecule has 0 saturated carbocycles. The number of phenolic OH excluding ortho intramolecular Hbond substituents is 1. The molecule has 120 valence electrons. The smallest absolute Gasteiger partial charge is 0.259 e. The second-order valence-electron chi connectivity index (χ2n) is 5.18. The number of methoxy groups -OCH3 is 1. The van der Waals surface area contributed by atoms with Gasteiger partial charge in [0.2, 0.25) is 0 Å². The van der Waals surface area contributed by atoms with Crippen LogP contribution in [0.1, 0.15) is 10.4 Å². The van der Waals surface area contributed by atoms with Crippen molar-refractivity contribution in [2.75, 3.05) is 12.4 Å². The largest absolute Gasteiger partial charge is 0.505 e. The first-order valence-corrected chi connectivity index (χ1v) is 7.31. The third-order valence-corrected chi connectivity index (χ3v) is 3.75. The van der Waals surface area contributed by atoms with Crippen LogP contribution < -0.4 is 10.1 Å². The molecule has 0 radical (unpaired) electrons. The van der Waals surface area contributed by atoms with Crippen molar-refractivity contribution in [1.29, 1.82) is 0 Å². The average molecular weight is 320 g/mol. The lowest BCUT2D eigenvalue weighted by atomic mass is 10.0. The lowest BCUT2D eigenvalue weighted by molar-refractivity contribution is 0.102. The van der Waals surface area contributed by atoms with Gasteiger partial charge in [-0.1, -0.05) is 24.3 Å². The number of hydrogen-bond donors (Lipinski definition) is 2. The normalized spacial score (nSPS) is 10.4. The molecule has 3 aromatic carbocycles. The summed E-state index contributed by atoms with van der Waals surface area (Å²) in [5.74, 6) is 0.0859. The minimum absolute atomic E-state index is 0.145. The van der Waals surface area contributed by atoms with E-state index in [1.165, 1.54) is 0 Å². The lowest BCUT2D eigenvalue weighted by Crippen LogP contribution is -2.12. The first kappa shape index (κ1) is 15.6. The number of carbonyl (C=O) groups is 1. The summed E-state index contributed by atoms with van der Waals surface area (Å²) in [5.41, 5.74) is 1.04. The number of rotatable bonds is 4. The highest BCUT2D eigenvalue weighted by Gasteiger charge is 2.17. The summed E-state index contributed by atoms with van der Waals surface area (Å²) in [5, 5.41) is 14.7. The zero-order chi connectivity index (χ0) is 17.1. The van der Waals surface area contributed by atoms with E-state index in [1.54, 1.807) is 37.4 Å². The molecule has 0 aliphatic heterocycles. The van der Waals surface area contributed by atoms with Crippen molar-refractivity contribution in [2.45, 2.75) is 0 Å². The van der Waals surface area contributed by atoms with Gasteiger partial charge in [0.1, 0.15) is 11.4 Å². The maximum Gasteiger partial charge on any atom is 0.259 e. The Morgan fingerprint density at radius 3 is 2.54 bits per heavy atom. The van der Waals surface area contributed by atoms with E-state index in [2.05, 4.69) is 17.0 Å². The molecule has 0 atom stereocenters. The highest BCUT2D eigenvalue weighted by atomic mass is 16.5. The molecule has 0 saturated heterocycles. The van der Waals surface area contributed by atoms with E-state index >= 15 is 0 Å². The van der Waals surface area contributed by atoms with Crippen LogP contribution in [0.2, 0.25) is 0 Å². The Morgan fingerprint density at radius 1 is 1.17 bits per heavy atom. The summed E-state index contributed by atoms with van der Waals surface area (Å²) in [6.45, 7) is 3.49. The number of benzene rings is 3. The molecule has 24 heavy (non-hydrogen) atoms. The Kier molecular flexibility index (Phi) is 4.16. The topological polar surface area (TPSA) is 70.9 Å². The van der Waals surface area contributed by atoms with E-state index < -0.39 is 5.91 Å². The Bertz CT molecular complexity index is 918. The number of amides is 1. The van der Waals surface area contributed by atoms with Crippen molar-refractivity contribution in [3.05, 3.63) is 60.2 Å². The van der Waals surface area contributed by atoms with E-state index in [0.29, 0.717) is 17.1 Å². The minimum Gasteiger partial charge on any atom is -0.505 e. The zero-order valence-corrected chi connectivity index (χ0v) is 13.1. The Hall–Kier alpha value is -3.34. The number of nitrogens with one attached hydrogen (secondary N) is 1. The number of fused-ring (bicyclic) bond motifs is 1. The number of phenols is 1. The minimum atomic E-state index is -0.423. The fourth-order valence-electron chi connectivity index (χ4n) is 2.52. The molecule has 5 heteroatoms. The first-order valence-electron chi connectivity index (χ1n) is 7.31. The molecule has 3 aromatic rings. The predicted molar refractivity (Wildman–Crippen MR) is 95.8 cm³/mol. The van der Waals surface area contributed by atoms with Crippen LogP contribution >= 0.6 is 0 Å². The maximum absolute atomic E-state index is 12.5. The zero-order valence-electron chi connectivity index (χ0n) is 13.1. The fraction of sp³-hybridized carbons (Fsp3) is 0.0526. The number of aliphatic imine (C=N–C) groups is 1. The summed E-state index contributed by atoms with van der Waals surface area (Å²) in [6, 6.07) is 15.9. The molecular weight excluding hydrogens is 304 g/mol. The SMILES string of the molecule is C=Nc1c(O)c(C(=O)Nc2ccc(OC)cc2)cc2ccccc12. The third kappa shape index (κ3) is 2.79. The van der Waals surface area contributed by atoms with Crippen LogP contribution in [0.5, 0.6) is 11.5 Å². The van der Waals surface area contributed by atoms with Gasteiger partial charge in [0.15, 0.2) is 5.75 Å². The number of carbonyl (C=O) groups excluding carboxylic acids is 1. The standard InChI is InChI=1S/C19H16N2O3/c1-20-17-15-6-4-3-5-12(15)11-16(18(17)22)19(23)21-13-7-9-14(24-2)10-8-13/h3-11,22H,1H2,2H3,(H,21,23). The second kappa shape index (κ2) is 6.42. The van der Waals surface area contributed by atoms with Gasteiger partial charge in [-0.15, -0.1) is 0 Å². The van der Waals surface area contributed by atoms with Crippen molar-refractivity contribution in [3.8, 4) is 11.5 Å². The van der Waals surface area contributed by atoms with Crippen LogP contribution in [-0.2, 0) is 0 Å². The molecule has 0 bridgehead atoms. The quantitative estimate of drug-likeness (QED) is 0.710. The number of ether oxygens (including phenoxy) is 1. The fourth-order valence-corrected chi connectivity index (χ4v) is 2.52. The van der Waals surface area contributed by atoms with Gasteiger partial charge < -0.3 is 15.2 Å². The molecule has 1 amide bonds. The summed E-state index contributed by atoms with van der Waals surface area (Å²) in [7, 11) is 1.57. The predicted octanol–water partition coefficient (Wildman–Crippen LogP) is 4.14. The van der Waals surface area contributed by atoms with Gasteiger partial charge in [0.25, 0.3) is 5.91 Å². The van der Waals surface area contributed by atoms with Crippen molar-refractivity contribution in [3.63, 3.8) is 0 Å². The molecule has 5 nitrogen and oxygen atoms in total. The van der Waals surface area contributed by atoms with Gasteiger partial charge in [-0.3, -0.25) is 9.79 Å². The number of anilines is 1. The van der Waals surface area contributed by atoms with Crippen molar-refractivity contribution >= 4 is 34.8 Å². The molecular formula is C19H16N2O3. The van der Waals surface area contributed by atoms with Crippen molar-refractivity contribution in [1.82, 2.24) is 0 Å². The molecule has 0 fully saturated rings. The average Bonchev–Trinajstić information content (AvgIpc) is 2.61. The van der Waals surface area contributed by atoms with Crippen LogP contribution in [0, 0.1) is 0 Å². The molecule has 0 heterocycles. The van der Waals surface area contributed by atoms with Gasteiger partial charge in [-0.25, -0.2) is 0 Å². The van der Waals surface area contributed by atoms with Gasteiger partial charge in [0.05, 0.1) is 12.7 Å². The van der Waals surface area contributed by atoms with Gasteiger partial charge in [-0.05, 0) is 42.4 Å². The number of nitrogens with zero attached hydrogens (tertiary/aromatic N) is 1. The number of aromatic hydroxyl groups is 1. The maximum atomic E-state index is 12.5. The van der Waals surface area contributed by atoms with E-state index in [4.69, 9.17) is 4.74 Å². The molecule has 0 unspecified atom stereocenters. The highest BCUT2D eigenvalue weighted by Crippen LogP contribution is 2.38. The Morgan fingerprint density at radius 2 is 1.88 bits per heavy atom. The Balaban J connectivity index is 1.99. The molecule has 0 aliphatic rings. The van der Waals surface area contributed by atoms with E-state index in [9.17, 15) is 9.90 Å². The van der Waals surface area contributed by atoms with Crippen LogP contribution in [-0.4, -0.2) is 24.8 Å². The molecule has 0 aromatic heterocycles. The van der Waals surface area contributed by atoms with Crippen LogP contribution in [0.3, 0.4) is 0 Å². The summed E-state index contributed by atoms with van der Waals surface area (Å²) < 4.78 is 5.08. The van der Waals surface area contributed by atoms with Crippen LogP contribution in [0.15, 0.2) is 59.6 Å². The van der Waals surface area contributed by atoms with Gasteiger partial charge >= 0.3 is 0 Å². The summed E-state index contributed by atoms with van der Waals surface area (Å²) in [6.07, 6.45) is 0. The van der Waals surface area contributed by atoms with Crippen LogP contribution in [0.4, 0.5) is 11.4 Å². The summed E-state index contributed by atoms with van der Waals surface area (Å²) in [4.78, 5) is 16.4. The van der Waals surface area contributed by atoms with Crippen molar-refractivity contribution < 1.29 is 14.6 Å². The molecule has 0 spiro atoms. The van der Waals surface area contributed by atoms with E-state index in [1.807, 2.05) is 24.3 Å². The monoisotopic (exact) mass is 320 g/mol. The summed E-state index contributed by atoms with van der Waals surface area (Å²) >= 11 is 0. The molecule has 3 rings (SSSR count). The number of hydrogen-bond acceptors (Lipinski definition) is 4. The second-order valence-corrected chi connectivity index (χ2v) is 5.18. The highest BCUT2D eigenvalue weighted by molar-refractivity contribution is 6.11. The van der Waals surface area contributed by atoms with E-state index in [-0.39, 0.29) is 11.3 Å². The molecule has 0 aliphatic carbocycles. The molecule has 2 N–H and O–H groups in total. The van der Waals surface area contributed by atoms with Crippen molar-refractivity contribution in [2.24, 2.45) is 4.99 Å². The third-order valence-electron chi connectivity index (χ3n) is 3.75. The van der Waals surface area contributed by atoms with Gasteiger partial charge in [-0.2, -0.15) is 0 Å². The van der Waals surface area contributed by atoms with Gasteiger partial charge in [0, 0.05) is 11.1 Å². The van der Waals surface area contributed by atoms with E-state index in [0.717, 1.165) is 10.8 Å².